The van der Waals surface area contributed by atoms with E-state index >= 15 is 0 Å². The van der Waals surface area contributed by atoms with Gasteiger partial charge in [0.2, 0.25) is 15.9 Å². The van der Waals surface area contributed by atoms with Gasteiger partial charge in [0, 0.05) is 26.7 Å². The zero-order valence-electron chi connectivity index (χ0n) is 13.0. The van der Waals surface area contributed by atoms with Gasteiger partial charge in [0.25, 0.3) is 0 Å². The SMILES string of the molecule is CN(C)S(=O)(=O)CCNC(=O)C1CCC2CCCCC2N1. The van der Waals surface area contributed by atoms with E-state index in [0.29, 0.717) is 6.04 Å². The molecule has 1 amide bonds. The Balaban J connectivity index is 1.76. The fourth-order valence-corrected chi connectivity index (χ4v) is 4.04. The number of hydrogen-bond acceptors (Lipinski definition) is 4. The van der Waals surface area contributed by atoms with Crippen molar-refractivity contribution < 1.29 is 13.2 Å². The first-order valence-corrected chi connectivity index (χ1v) is 9.45. The maximum atomic E-state index is 12.1. The molecule has 0 bridgehead atoms. The van der Waals surface area contributed by atoms with Gasteiger partial charge < -0.3 is 10.6 Å². The topological polar surface area (TPSA) is 78.5 Å². The minimum atomic E-state index is -3.25. The first-order chi connectivity index (χ1) is 9.90. The molecule has 1 aliphatic carbocycles. The third-order valence-electron chi connectivity index (χ3n) is 4.68. The lowest BCUT2D eigenvalue weighted by Gasteiger charge is -2.39. The van der Waals surface area contributed by atoms with Crippen LogP contribution in [0.3, 0.4) is 0 Å². The van der Waals surface area contributed by atoms with E-state index in [9.17, 15) is 13.2 Å². The molecule has 21 heavy (non-hydrogen) atoms. The van der Waals surface area contributed by atoms with E-state index < -0.39 is 10.0 Å². The van der Waals surface area contributed by atoms with Gasteiger partial charge in [-0.3, -0.25) is 4.79 Å². The molecule has 2 rings (SSSR count). The smallest absolute Gasteiger partial charge is 0.237 e. The number of piperidine rings is 1. The van der Waals surface area contributed by atoms with E-state index in [2.05, 4.69) is 10.6 Å². The van der Waals surface area contributed by atoms with E-state index in [0.717, 1.165) is 25.2 Å². The van der Waals surface area contributed by atoms with Crippen molar-refractivity contribution in [3.05, 3.63) is 0 Å². The molecule has 3 atom stereocenters. The number of carbonyl (C=O) groups excluding carboxylic acids is 1. The van der Waals surface area contributed by atoms with Crippen molar-refractivity contribution in [3.63, 3.8) is 0 Å². The molecule has 0 spiro atoms. The first-order valence-electron chi connectivity index (χ1n) is 7.84. The van der Waals surface area contributed by atoms with E-state index in [-0.39, 0.29) is 24.2 Å². The number of nitrogens with zero attached hydrogens (tertiary/aromatic N) is 1. The van der Waals surface area contributed by atoms with Crippen molar-refractivity contribution in [2.45, 2.75) is 50.6 Å². The van der Waals surface area contributed by atoms with Crippen LogP contribution in [-0.2, 0) is 14.8 Å². The lowest BCUT2D eigenvalue weighted by molar-refractivity contribution is -0.124. The molecule has 0 aromatic carbocycles. The van der Waals surface area contributed by atoms with Crippen LogP contribution in [0.4, 0.5) is 0 Å². The second-order valence-electron chi connectivity index (χ2n) is 6.34. The molecule has 1 saturated heterocycles. The summed E-state index contributed by atoms with van der Waals surface area (Å²) in [4.78, 5) is 12.1. The van der Waals surface area contributed by atoms with Crippen LogP contribution in [0.5, 0.6) is 0 Å². The van der Waals surface area contributed by atoms with Crippen LogP contribution < -0.4 is 10.6 Å². The van der Waals surface area contributed by atoms with Crippen molar-refractivity contribution in [3.8, 4) is 0 Å². The monoisotopic (exact) mass is 317 g/mol. The molecular formula is C14H27N3O3S. The molecule has 0 aromatic rings. The number of rotatable bonds is 5. The minimum absolute atomic E-state index is 0.0511. The molecule has 6 nitrogen and oxygen atoms in total. The molecule has 1 saturated carbocycles. The molecule has 7 heteroatoms. The average molecular weight is 317 g/mol. The third kappa shape index (κ3) is 4.40. The molecule has 0 radical (unpaired) electrons. The lowest BCUT2D eigenvalue weighted by Crippen LogP contribution is -2.55. The highest BCUT2D eigenvalue weighted by Gasteiger charge is 2.34. The molecule has 0 aromatic heterocycles. The summed E-state index contributed by atoms with van der Waals surface area (Å²) in [5.74, 6) is 0.606. The number of hydrogen-bond donors (Lipinski definition) is 2. The van der Waals surface area contributed by atoms with Crippen LogP contribution in [0.25, 0.3) is 0 Å². The van der Waals surface area contributed by atoms with Gasteiger partial charge in [-0.25, -0.2) is 12.7 Å². The molecule has 2 aliphatic rings. The van der Waals surface area contributed by atoms with Crippen molar-refractivity contribution in [2.75, 3.05) is 26.4 Å². The van der Waals surface area contributed by atoms with Gasteiger partial charge in [-0.15, -0.1) is 0 Å². The van der Waals surface area contributed by atoms with Gasteiger partial charge in [-0.1, -0.05) is 12.8 Å². The van der Waals surface area contributed by atoms with Crippen LogP contribution in [-0.4, -0.2) is 57.1 Å². The van der Waals surface area contributed by atoms with E-state index in [1.54, 1.807) is 0 Å². The fraction of sp³-hybridized carbons (Fsp3) is 0.929. The number of nitrogens with one attached hydrogen (secondary N) is 2. The van der Waals surface area contributed by atoms with Gasteiger partial charge in [0.05, 0.1) is 11.8 Å². The molecule has 1 heterocycles. The predicted molar refractivity (Wildman–Crippen MR) is 82.4 cm³/mol. The molecule has 2 fully saturated rings. The minimum Gasteiger partial charge on any atom is -0.354 e. The first kappa shape index (κ1) is 16.7. The zero-order chi connectivity index (χ0) is 15.5. The van der Waals surface area contributed by atoms with E-state index in [1.165, 1.54) is 37.7 Å². The predicted octanol–water partition coefficient (Wildman–Crippen LogP) is 0.305. The Bertz CT molecular complexity index is 464. The van der Waals surface area contributed by atoms with Crippen molar-refractivity contribution in [2.24, 2.45) is 5.92 Å². The van der Waals surface area contributed by atoms with Crippen molar-refractivity contribution in [1.29, 1.82) is 0 Å². The van der Waals surface area contributed by atoms with Crippen LogP contribution in [0.15, 0.2) is 0 Å². The molecular weight excluding hydrogens is 290 g/mol. The highest BCUT2D eigenvalue weighted by molar-refractivity contribution is 7.89. The third-order valence-corrected chi connectivity index (χ3v) is 6.52. The molecule has 122 valence electrons. The van der Waals surface area contributed by atoms with Crippen LogP contribution >= 0.6 is 0 Å². The highest BCUT2D eigenvalue weighted by Crippen LogP contribution is 2.32. The van der Waals surface area contributed by atoms with Gasteiger partial charge in [-0.05, 0) is 31.6 Å². The van der Waals surface area contributed by atoms with Crippen LogP contribution in [0.2, 0.25) is 0 Å². The summed E-state index contributed by atoms with van der Waals surface area (Å²) in [6, 6.07) is 0.306. The number of amides is 1. The quantitative estimate of drug-likeness (QED) is 0.765. The zero-order valence-corrected chi connectivity index (χ0v) is 13.8. The maximum Gasteiger partial charge on any atom is 0.237 e. The Morgan fingerprint density at radius 1 is 1.19 bits per heavy atom. The Morgan fingerprint density at radius 3 is 2.62 bits per heavy atom. The van der Waals surface area contributed by atoms with Gasteiger partial charge in [0.15, 0.2) is 0 Å². The van der Waals surface area contributed by atoms with E-state index in [4.69, 9.17) is 0 Å². The Morgan fingerprint density at radius 2 is 1.90 bits per heavy atom. The standard InChI is InChI=1S/C14H27N3O3S/c1-17(2)21(19,20)10-9-15-14(18)13-8-7-11-5-3-4-6-12(11)16-13/h11-13,16H,3-10H2,1-2H3,(H,15,18). The second kappa shape index (κ2) is 7.07. The maximum absolute atomic E-state index is 12.1. The summed E-state index contributed by atoms with van der Waals surface area (Å²) in [6.45, 7) is 0.172. The largest absolute Gasteiger partial charge is 0.354 e. The number of fused-ring (bicyclic) bond motifs is 1. The lowest BCUT2D eigenvalue weighted by atomic mass is 9.77. The summed E-state index contributed by atoms with van der Waals surface area (Å²) in [5, 5.41) is 6.21. The van der Waals surface area contributed by atoms with Gasteiger partial charge in [0.1, 0.15) is 0 Å². The number of carbonyl (C=O) groups is 1. The Labute approximate surface area is 127 Å². The van der Waals surface area contributed by atoms with E-state index in [1.807, 2.05) is 0 Å². The summed E-state index contributed by atoms with van der Waals surface area (Å²) in [6.07, 6.45) is 6.93. The van der Waals surface area contributed by atoms with Crippen LogP contribution in [0.1, 0.15) is 38.5 Å². The van der Waals surface area contributed by atoms with Gasteiger partial charge >= 0.3 is 0 Å². The average Bonchev–Trinajstić information content (AvgIpc) is 2.46. The van der Waals surface area contributed by atoms with Crippen molar-refractivity contribution >= 4 is 15.9 Å². The summed E-state index contributed by atoms with van der Waals surface area (Å²) < 4.78 is 24.5. The summed E-state index contributed by atoms with van der Waals surface area (Å²) >= 11 is 0. The second-order valence-corrected chi connectivity index (χ2v) is 8.64. The normalized spacial score (nSPS) is 30.0. The van der Waals surface area contributed by atoms with Crippen molar-refractivity contribution in [1.82, 2.24) is 14.9 Å². The molecule has 3 unspecified atom stereocenters. The highest BCUT2D eigenvalue weighted by atomic mass is 32.2. The summed E-state index contributed by atoms with van der Waals surface area (Å²) in [7, 11) is -0.239. The summed E-state index contributed by atoms with van der Waals surface area (Å²) in [5.41, 5.74) is 0. The number of sulfonamides is 1. The Hall–Kier alpha value is -0.660. The fourth-order valence-electron chi connectivity index (χ4n) is 3.31. The molecule has 1 aliphatic heterocycles. The Kier molecular flexibility index (Phi) is 5.62. The van der Waals surface area contributed by atoms with Crippen LogP contribution in [0, 0.1) is 5.92 Å². The molecule has 2 N–H and O–H groups in total. The van der Waals surface area contributed by atoms with Gasteiger partial charge in [-0.2, -0.15) is 0 Å².